The minimum atomic E-state index is -0.00744. The van der Waals surface area contributed by atoms with E-state index < -0.39 is 0 Å². The van der Waals surface area contributed by atoms with E-state index in [0.717, 1.165) is 28.2 Å². The average molecular weight is 412 g/mol. The fourth-order valence-corrected chi connectivity index (χ4v) is 4.86. The number of amidine groups is 1. The number of hydrogen-bond acceptors (Lipinski definition) is 3. The molecule has 0 N–H and O–H groups in total. The molecule has 2 heterocycles. The Morgan fingerprint density at radius 1 is 1.00 bits per heavy atom. The number of carbonyl (C=O) groups is 1. The van der Waals surface area contributed by atoms with E-state index in [0.29, 0.717) is 4.91 Å². The van der Waals surface area contributed by atoms with E-state index in [1.165, 1.54) is 28.1 Å². The van der Waals surface area contributed by atoms with E-state index >= 15 is 0 Å². The van der Waals surface area contributed by atoms with Gasteiger partial charge in [0, 0.05) is 43.3 Å². The van der Waals surface area contributed by atoms with Crippen LogP contribution in [0.1, 0.15) is 11.1 Å². The zero-order valence-electron chi connectivity index (χ0n) is 16.9. The number of thioether (sulfide) groups is 1. The Bertz CT molecular complexity index is 1350. The highest BCUT2D eigenvalue weighted by atomic mass is 32.2. The molecule has 1 fully saturated rings. The Labute approximate surface area is 179 Å². The lowest BCUT2D eigenvalue weighted by Crippen LogP contribution is -2.23. The monoisotopic (exact) mass is 411 g/mol. The highest BCUT2D eigenvalue weighted by Crippen LogP contribution is 2.33. The van der Waals surface area contributed by atoms with Crippen molar-refractivity contribution in [2.24, 2.45) is 4.99 Å². The van der Waals surface area contributed by atoms with E-state index in [1.54, 1.807) is 19.0 Å². The molecular weight excluding hydrogens is 390 g/mol. The van der Waals surface area contributed by atoms with Crippen LogP contribution >= 0.6 is 11.8 Å². The molecule has 3 aromatic carbocycles. The maximum atomic E-state index is 12.6. The van der Waals surface area contributed by atoms with E-state index in [2.05, 4.69) is 76.4 Å². The van der Waals surface area contributed by atoms with Gasteiger partial charge in [-0.05, 0) is 46.3 Å². The van der Waals surface area contributed by atoms with Gasteiger partial charge in [0.25, 0.3) is 5.91 Å². The molecule has 0 aliphatic carbocycles. The average Bonchev–Trinajstić information content (AvgIpc) is 3.26. The van der Waals surface area contributed by atoms with E-state index in [9.17, 15) is 4.79 Å². The van der Waals surface area contributed by atoms with Crippen molar-refractivity contribution in [1.82, 2.24) is 9.47 Å². The number of benzene rings is 3. The van der Waals surface area contributed by atoms with Gasteiger partial charge >= 0.3 is 0 Å². The van der Waals surface area contributed by atoms with E-state index in [4.69, 9.17) is 0 Å². The lowest BCUT2D eigenvalue weighted by atomic mass is 10.1. The number of fused-ring (bicyclic) bond motifs is 2. The Hall–Kier alpha value is -3.31. The predicted octanol–water partition coefficient (Wildman–Crippen LogP) is 5.37. The smallest absolute Gasteiger partial charge is 0.266 e. The lowest BCUT2D eigenvalue weighted by Gasteiger charge is -2.07. The van der Waals surface area contributed by atoms with Crippen LogP contribution < -0.4 is 0 Å². The fourth-order valence-electron chi connectivity index (χ4n) is 3.95. The van der Waals surface area contributed by atoms with Gasteiger partial charge in [0.15, 0.2) is 5.17 Å². The SMILES string of the molecule is CN=C1S/C(=C\c2cn(Cc3ccc4ccccc4c3)c3ccccc23)C(=O)N1C. The summed E-state index contributed by atoms with van der Waals surface area (Å²) >= 11 is 1.42. The van der Waals surface area contributed by atoms with E-state index in [-0.39, 0.29) is 5.91 Å². The highest BCUT2D eigenvalue weighted by molar-refractivity contribution is 8.18. The summed E-state index contributed by atoms with van der Waals surface area (Å²) in [5.41, 5.74) is 3.46. The molecular formula is C25H21N3OS. The van der Waals surface area contributed by atoms with Crippen LogP contribution in [0.5, 0.6) is 0 Å². The van der Waals surface area contributed by atoms with Crippen molar-refractivity contribution >= 4 is 50.6 Å². The van der Waals surface area contributed by atoms with Gasteiger partial charge in [0.2, 0.25) is 0 Å². The Morgan fingerprint density at radius 3 is 2.57 bits per heavy atom. The number of aliphatic imine (C=N–C) groups is 1. The Balaban J connectivity index is 1.56. The number of nitrogens with zero attached hydrogens (tertiary/aromatic N) is 3. The van der Waals surface area contributed by atoms with Crippen molar-refractivity contribution in [3.05, 3.63) is 89.0 Å². The van der Waals surface area contributed by atoms with Crippen LogP contribution in [-0.2, 0) is 11.3 Å². The summed E-state index contributed by atoms with van der Waals surface area (Å²) in [7, 11) is 3.48. The fraction of sp³-hybridized carbons (Fsp3) is 0.120. The molecule has 0 saturated carbocycles. The van der Waals surface area contributed by atoms with Crippen LogP contribution in [0.3, 0.4) is 0 Å². The second-order valence-electron chi connectivity index (χ2n) is 7.39. The van der Waals surface area contributed by atoms with Gasteiger partial charge in [-0.25, -0.2) is 0 Å². The number of para-hydroxylation sites is 1. The number of hydrogen-bond donors (Lipinski definition) is 0. The number of carbonyl (C=O) groups excluding carboxylic acids is 1. The lowest BCUT2D eigenvalue weighted by molar-refractivity contribution is -0.121. The first kappa shape index (κ1) is 18.7. The summed E-state index contributed by atoms with van der Waals surface area (Å²) < 4.78 is 2.26. The number of rotatable bonds is 3. The first-order valence-electron chi connectivity index (χ1n) is 9.84. The van der Waals surface area contributed by atoms with Crippen LogP contribution in [0.25, 0.3) is 27.8 Å². The van der Waals surface area contributed by atoms with Crippen LogP contribution in [-0.4, -0.2) is 34.6 Å². The van der Waals surface area contributed by atoms with Crippen LogP contribution in [0.15, 0.2) is 82.8 Å². The zero-order chi connectivity index (χ0) is 20.7. The maximum absolute atomic E-state index is 12.6. The van der Waals surface area contributed by atoms with Crippen molar-refractivity contribution < 1.29 is 4.79 Å². The molecule has 1 aliphatic rings. The van der Waals surface area contributed by atoms with Gasteiger partial charge in [-0.15, -0.1) is 0 Å². The summed E-state index contributed by atoms with van der Waals surface area (Å²) in [4.78, 5) is 19.1. The molecule has 5 heteroatoms. The minimum Gasteiger partial charge on any atom is -0.342 e. The molecule has 4 aromatic rings. The van der Waals surface area contributed by atoms with Gasteiger partial charge in [-0.3, -0.25) is 14.7 Å². The van der Waals surface area contributed by atoms with Crippen LogP contribution in [0.4, 0.5) is 0 Å². The Morgan fingerprint density at radius 2 is 1.77 bits per heavy atom. The summed E-state index contributed by atoms with van der Waals surface area (Å²) in [5, 5.41) is 4.37. The van der Waals surface area contributed by atoms with Crippen molar-refractivity contribution in [2.75, 3.05) is 14.1 Å². The second kappa shape index (κ2) is 7.50. The normalized spacial score (nSPS) is 17.1. The minimum absolute atomic E-state index is 0.00744. The molecule has 4 nitrogen and oxygen atoms in total. The molecule has 1 aromatic heterocycles. The van der Waals surface area contributed by atoms with Gasteiger partial charge < -0.3 is 4.57 Å². The number of likely N-dealkylation sites (N-methyl/N-ethyl adjacent to an activating group) is 1. The molecule has 0 unspecified atom stereocenters. The number of amides is 1. The molecule has 1 aliphatic heterocycles. The van der Waals surface area contributed by atoms with Crippen molar-refractivity contribution in [3.63, 3.8) is 0 Å². The van der Waals surface area contributed by atoms with Crippen molar-refractivity contribution in [3.8, 4) is 0 Å². The second-order valence-corrected chi connectivity index (χ2v) is 8.40. The third kappa shape index (κ3) is 3.21. The van der Waals surface area contributed by atoms with Gasteiger partial charge in [0.1, 0.15) is 0 Å². The third-order valence-corrected chi connectivity index (χ3v) is 6.62. The van der Waals surface area contributed by atoms with Crippen molar-refractivity contribution in [1.29, 1.82) is 0 Å². The van der Waals surface area contributed by atoms with Crippen LogP contribution in [0.2, 0.25) is 0 Å². The summed E-state index contributed by atoms with van der Waals surface area (Å²) in [6.07, 6.45) is 4.13. The van der Waals surface area contributed by atoms with Gasteiger partial charge in [0.05, 0.1) is 4.91 Å². The van der Waals surface area contributed by atoms with Gasteiger partial charge in [-0.2, -0.15) is 0 Å². The molecule has 30 heavy (non-hydrogen) atoms. The molecule has 1 saturated heterocycles. The molecule has 5 rings (SSSR count). The predicted molar refractivity (Wildman–Crippen MR) is 127 cm³/mol. The highest BCUT2D eigenvalue weighted by Gasteiger charge is 2.30. The standard InChI is InChI=1S/C25H21N3OS/c1-26-25-27(2)24(29)23(30-25)14-20-16-28(22-10-6-5-9-21(20)22)15-17-11-12-18-7-3-4-8-19(18)13-17/h3-14,16H,15H2,1-2H3/b23-14-,26-25?. The molecule has 0 radical (unpaired) electrons. The molecule has 1 amide bonds. The molecule has 0 atom stereocenters. The summed E-state index contributed by atoms with van der Waals surface area (Å²) in [6, 6.07) is 23.4. The zero-order valence-corrected chi connectivity index (χ0v) is 17.7. The first-order chi connectivity index (χ1) is 14.6. The summed E-state index contributed by atoms with van der Waals surface area (Å²) in [6.45, 7) is 0.775. The summed E-state index contributed by atoms with van der Waals surface area (Å²) in [5.74, 6) is -0.00744. The Kier molecular flexibility index (Phi) is 4.68. The first-order valence-corrected chi connectivity index (χ1v) is 10.7. The van der Waals surface area contributed by atoms with E-state index in [1.807, 2.05) is 12.1 Å². The topological polar surface area (TPSA) is 37.6 Å². The molecule has 148 valence electrons. The molecule has 0 bridgehead atoms. The largest absolute Gasteiger partial charge is 0.342 e. The quantitative estimate of drug-likeness (QED) is 0.425. The van der Waals surface area contributed by atoms with Crippen LogP contribution in [0, 0.1) is 0 Å². The van der Waals surface area contributed by atoms with Crippen molar-refractivity contribution in [2.45, 2.75) is 6.54 Å². The third-order valence-electron chi connectivity index (χ3n) is 5.47. The number of aromatic nitrogens is 1. The molecule has 0 spiro atoms. The van der Waals surface area contributed by atoms with Gasteiger partial charge in [-0.1, -0.05) is 54.6 Å². The maximum Gasteiger partial charge on any atom is 0.266 e.